The van der Waals surface area contributed by atoms with E-state index in [2.05, 4.69) is 24.0 Å². The van der Waals surface area contributed by atoms with Gasteiger partial charge in [0.15, 0.2) is 0 Å². The van der Waals surface area contributed by atoms with Gasteiger partial charge >= 0.3 is 0 Å². The monoisotopic (exact) mass is 501 g/mol. The van der Waals surface area contributed by atoms with Crippen LogP contribution in [-0.4, -0.2) is 47.8 Å². The molecule has 5 rings (SSSR count). The van der Waals surface area contributed by atoms with E-state index in [0.29, 0.717) is 22.9 Å². The fourth-order valence-corrected chi connectivity index (χ4v) is 5.35. The van der Waals surface area contributed by atoms with Crippen LogP contribution in [0, 0.1) is 12.8 Å². The third-order valence-electron chi connectivity index (χ3n) is 7.17. The first-order valence-electron chi connectivity index (χ1n) is 12.6. The van der Waals surface area contributed by atoms with Crippen LogP contribution in [0.1, 0.15) is 18.4 Å². The smallest absolute Gasteiger partial charge is 0.261 e. The van der Waals surface area contributed by atoms with E-state index in [4.69, 9.17) is 21.3 Å². The van der Waals surface area contributed by atoms with Crippen molar-refractivity contribution < 1.29 is 4.74 Å². The van der Waals surface area contributed by atoms with Crippen molar-refractivity contribution in [3.63, 3.8) is 0 Å². The van der Waals surface area contributed by atoms with Crippen molar-refractivity contribution >= 4 is 22.5 Å². The molecular weight excluding hydrogens is 470 g/mol. The average molecular weight is 502 g/mol. The molecule has 1 atom stereocenters. The lowest BCUT2D eigenvalue weighted by atomic mass is 9.97. The van der Waals surface area contributed by atoms with Crippen LogP contribution in [0.25, 0.3) is 33.4 Å². The lowest BCUT2D eigenvalue weighted by Gasteiger charge is -2.33. The van der Waals surface area contributed by atoms with E-state index in [-0.39, 0.29) is 5.56 Å². The number of hydrogen-bond donors (Lipinski definition) is 0. The second-order valence-corrected chi connectivity index (χ2v) is 10.1. The maximum Gasteiger partial charge on any atom is 0.261 e. The van der Waals surface area contributed by atoms with E-state index in [0.717, 1.165) is 72.7 Å². The molecule has 0 aliphatic carbocycles. The van der Waals surface area contributed by atoms with Gasteiger partial charge in [-0.15, -0.1) is 0 Å². The highest BCUT2D eigenvalue weighted by molar-refractivity contribution is 6.30. The Morgan fingerprint density at radius 3 is 2.61 bits per heavy atom. The van der Waals surface area contributed by atoms with Crippen LogP contribution in [0.4, 0.5) is 0 Å². The van der Waals surface area contributed by atoms with Crippen LogP contribution in [-0.2, 0) is 11.3 Å². The van der Waals surface area contributed by atoms with Gasteiger partial charge in [0.1, 0.15) is 5.82 Å². The van der Waals surface area contributed by atoms with Crippen LogP contribution in [0.15, 0.2) is 71.5 Å². The number of aromatic nitrogens is 2. The minimum absolute atomic E-state index is 0.0167. The summed E-state index contributed by atoms with van der Waals surface area (Å²) in [5.74, 6) is 1.13. The summed E-state index contributed by atoms with van der Waals surface area (Å²) in [6.07, 6.45) is 2.23. The summed E-state index contributed by atoms with van der Waals surface area (Å²) in [4.78, 5) is 21.6. The van der Waals surface area contributed by atoms with E-state index < -0.39 is 0 Å². The number of hydrogen-bond acceptors (Lipinski definition) is 4. The van der Waals surface area contributed by atoms with Gasteiger partial charge in [-0.1, -0.05) is 54.1 Å². The number of rotatable bonds is 7. The van der Waals surface area contributed by atoms with E-state index >= 15 is 0 Å². The van der Waals surface area contributed by atoms with Gasteiger partial charge < -0.3 is 9.64 Å². The number of methoxy groups -OCH3 is 1. The molecule has 0 radical (unpaired) electrons. The average Bonchev–Trinajstić information content (AvgIpc) is 2.90. The molecule has 1 aliphatic heterocycles. The molecule has 6 heteroatoms. The molecule has 5 nitrogen and oxygen atoms in total. The Morgan fingerprint density at radius 1 is 1.06 bits per heavy atom. The van der Waals surface area contributed by atoms with Crippen LogP contribution >= 0.6 is 11.6 Å². The highest BCUT2D eigenvalue weighted by atomic mass is 35.5. The Kier molecular flexibility index (Phi) is 7.51. The van der Waals surface area contributed by atoms with E-state index in [9.17, 15) is 4.79 Å². The number of nitrogens with zero attached hydrogens (tertiary/aromatic N) is 3. The van der Waals surface area contributed by atoms with Crippen molar-refractivity contribution in [2.24, 2.45) is 5.92 Å². The molecule has 1 unspecified atom stereocenters. The molecule has 0 spiro atoms. The zero-order valence-electron chi connectivity index (χ0n) is 20.9. The second-order valence-electron chi connectivity index (χ2n) is 9.71. The number of aryl methyl sites for hydroxylation is 1. The van der Waals surface area contributed by atoms with Crippen molar-refractivity contribution in [1.82, 2.24) is 14.5 Å². The van der Waals surface area contributed by atoms with Gasteiger partial charge in [-0.25, -0.2) is 4.98 Å². The van der Waals surface area contributed by atoms with Gasteiger partial charge in [0.2, 0.25) is 0 Å². The fraction of sp³-hybridized carbons (Fsp3) is 0.333. The zero-order chi connectivity index (χ0) is 25.1. The quantitative estimate of drug-likeness (QED) is 0.309. The van der Waals surface area contributed by atoms with Crippen LogP contribution in [0.2, 0.25) is 5.02 Å². The molecule has 0 saturated carbocycles. The molecule has 1 fully saturated rings. The predicted octanol–water partition coefficient (Wildman–Crippen LogP) is 6.05. The van der Waals surface area contributed by atoms with Crippen molar-refractivity contribution in [1.29, 1.82) is 0 Å². The third kappa shape index (κ3) is 5.24. The molecule has 36 heavy (non-hydrogen) atoms. The van der Waals surface area contributed by atoms with E-state index in [1.165, 1.54) is 0 Å². The first kappa shape index (κ1) is 24.7. The number of fused-ring (bicyclic) bond motifs is 1. The predicted molar refractivity (Wildman–Crippen MR) is 148 cm³/mol. The Bertz CT molecular complexity index is 1410. The molecule has 0 bridgehead atoms. The first-order valence-corrected chi connectivity index (χ1v) is 13.0. The van der Waals surface area contributed by atoms with Crippen molar-refractivity contribution in [3.8, 4) is 22.5 Å². The first-order chi connectivity index (χ1) is 17.5. The lowest BCUT2D eigenvalue weighted by Crippen LogP contribution is -2.40. The minimum atomic E-state index is 0.0167. The summed E-state index contributed by atoms with van der Waals surface area (Å²) in [5.41, 5.74) is 4.86. The van der Waals surface area contributed by atoms with Crippen LogP contribution < -0.4 is 5.56 Å². The van der Waals surface area contributed by atoms with Gasteiger partial charge in [0, 0.05) is 37.3 Å². The topological polar surface area (TPSA) is 47.4 Å². The minimum Gasteiger partial charge on any atom is -0.383 e. The van der Waals surface area contributed by atoms with Crippen molar-refractivity contribution in [2.45, 2.75) is 26.3 Å². The molecular formula is C30H32ClN3O2. The largest absolute Gasteiger partial charge is 0.383 e. The fourth-order valence-electron chi connectivity index (χ4n) is 5.22. The molecule has 0 amide bonds. The van der Waals surface area contributed by atoms with Gasteiger partial charge in [-0.05, 0) is 73.2 Å². The Hall–Kier alpha value is -2.99. The molecule has 1 aromatic heterocycles. The molecule has 1 saturated heterocycles. The summed E-state index contributed by atoms with van der Waals surface area (Å²) in [6, 6.07) is 21.8. The second kappa shape index (κ2) is 11.0. The van der Waals surface area contributed by atoms with E-state index in [1.54, 1.807) is 7.11 Å². The van der Waals surface area contributed by atoms with Gasteiger partial charge in [-0.3, -0.25) is 9.36 Å². The molecule has 1 aliphatic rings. The molecule has 0 N–H and O–H groups in total. The summed E-state index contributed by atoms with van der Waals surface area (Å²) in [7, 11) is 1.74. The van der Waals surface area contributed by atoms with Crippen LogP contribution in [0.5, 0.6) is 0 Å². The zero-order valence-corrected chi connectivity index (χ0v) is 21.7. The summed E-state index contributed by atoms with van der Waals surface area (Å²) in [6.45, 7) is 6.43. The van der Waals surface area contributed by atoms with E-state index in [1.807, 2.05) is 59.2 Å². The van der Waals surface area contributed by atoms with Crippen molar-refractivity contribution in [3.05, 3.63) is 87.7 Å². The number of likely N-dealkylation sites (tertiary alicyclic amines) is 1. The Balaban J connectivity index is 1.59. The highest BCUT2D eigenvalue weighted by Gasteiger charge is 2.23. The number of benzene rings is 3. The number of halogens is 1. The lowest BCUT2D eigenvalue weighted by molar-refractivity contribution is 0.109. The maximum atomic E-state index is 14.1. The Labute approximate surface area is 217 Å². The summed E-state index contributed by atoms with van der Waals surface area (Å²) < 4.78 is 7.21. The molecule has 2 heterocycles. The SMILES string of the molecule is COCCN1CCCC(Cn2c(-c3ccccc3C)nc3ccc(-c4ccc(Cl)cc4)cc3c2=O)C1. The third-order valence-corrected chi connectivity index (χ3v) is 7.43. The number of ether oxygens (including phenoxy) is 1. The standard InChI is InChI=1S/C30H32ClN3O2/c1-21-6-3-4-8-26(21)29-32-28-14-11-24(23-9-12-25(31)13-10-23)18-27(28)30(35)34(29)20-22-7-5-15-33(19-22)16-17-36-2/h3-4,6,8-14,18,22H,5,7,15-17,19-20H2,1-2H3. The Morgan fingerprint density at radius 2 is 1.83 bits per heavy atom. The number of piperidine rings is 1. The molecule has 3 aromatic carbocycles. The van der Waals surface area contributed by atoms with Crippen molar-refractivity contribution in [2.75, 3.05) is 33.4 Å². The molecule has 186 valence electrons. The van der Waals surface area contributed by atoms with Gasteiger partial charge in [0.05, 0.1) is 17.5 Å². The highest BCUT2D eigenvalue weighted by Crippen LogP contribution is 2.28. The van der Waals surface area contributed by atoms with Crippen LogP contribution in [0.3, 0.4) is 0 Å². The van der Waals surface area contributed by atoms with Gasteiger partial charge in [0.25, 0.3) is 5.56 Å². The normalized spacial score (nSPS) is 16.5. The maximum absolute atomic E-state index is 14.1. The summed E-state index contributed by atoms with van der Waals surface area (Å²) in [5, 5.41) is 1.34. The summed E-state index contributed by atoms with van der Waals surface area (Å²) >= 11 is 6.09. The molecule has 4 aromatic rings. The van der Waals surface area contributed by atoms with Gasteiger partial charge in [-0.2, -0.15) is 0 Å².